The Kier molecular flexibility index (Phi) is 6.88. The zero-order chi connectivity index (χ0) is 24.9. The first-order chi connectivity index (χ1) is 17.6. The molecule has 0 bridgehead atoms. The van der Waals surface area contributed by atoms with Crippen molar-refractivity contribution in [3.05, 3.63) is 72.0 Å². The monoisotopic (exact) mass is 486 g/mol. The van der Waals surface area contributed by atoms with Crippen molar-refractivity contribution in [2.24, 2.45) is 0 Å². The molecule has 36 heavy (non-hydrogen) atoms. The van der Waals surface area contributed by atoms with Crippen molar-refractivity contribution in [1.29, 1.82) is 0 Å². The lowest BCUT2D eigenvalue weighted by Gasteiger charge is -2.16. The molecule has 2 N–H and O–H groups in total. The Morgan fingerprint density at radius 2 is 1.72 bits per heavy atom. The van der Waals surface area contributed by atoms with Gasteiger partial charge in [0.05, 0.1) is 17.8 Å². The van der Waals surface area contributed by atoms with Crippen molar-refractivity contribution in [3.63, 3.8) is 0 Å². The number of nitrogens with zero attached hydrogens (tertiary/aromatic N) is 4. The number of carbonyl (C=O) groups is 1. The van der Waals surface area contributed by atoms with Crippen LogP contribution in [0.25, 0.3) is 22.3 Å². The maximum Gasteiger partial charge on any atom is 0.321 e. The summed E-state index contributed by atoms with van der Waals surface area (Å²) in [5, 5.41) is 6.12. The van der Waals surface area contributed by atoms with Gasteiger partial charge in [-0.05, 0) is 61.7 Å². The number of aromatic nitrogens is 3. The standard InChI is InChI=1S/C27H27FN6O2/c1-2-36-25-24-23(32-26(33-25)29-17-18-5-9-20(28)10-6-18)14-13-22(31-24)19-7-11-21(12-8-19)30-27(35)34-15-3-4-16-34/h5-14H,2-4,15-17H2,1H3,(H,30,35)(H,29,32,33). The van der Waals surface area contributed by atoms with Crippen LogP contribution in [0.2, 0.25) is 0 Å². The van der Waals surface area contributed by atoms with Gasteiger partial charge in [-0.3, -0.25) is 0 Å². The summed E-state index contributed by atoms with van der Waals surface area (Å²) in [6.45, 7) is 4.38. The van der Waals surface area contributed by atoms with Gasteiger partial charge >= 0.3 is 6.03 Å². The number of benzene rings is 2. The summed E-state index contributed by atoms with van der Waals surface area (Å²) in [6.07, 6.45) is 2.11. The number of anilines is 2. The van der Waals surface area contributed by atoms with E-state index in [9.17, 15) is 9.18 Å². The minimum Gasteiger partial charge on any atom is -0.476 e. The van der Waals surface area contributed by atoms with E-state index < -0.39 is 0 Å². The number of halogens is 1. The number of hydrogen-bond acceptors (Lipinski definition) is 6. The second kappa shape index (κ2) is 10.6. The molecule has 2 aromatic heterocycles. The molecule has 0 radical (unpaired) electrons. The lowest BCUT2D eigenvalue weighted by Crippen LogP contribution is -2.32. The van der Waals surface area contributed by atoms with E-state index in [0.29, 0.717) is 36.0 Å². The largest absolute Gasteiger partial charge is 0.476 e. The molecule has 2 amide bonds. The minimum absolute atomic E-state index is 0.0635. The Labute approximate surface area is 208 Å². The van der Waals surface area contributed by atoms with Crippen LogP contribution in [0.1, 0.15) is 25.3 Å². The molecule has 184 valence electrons. The zero-order valence-corrected chi connectivity index (χ0v) is 20.0. The molecule has 0 aliphatic carbocycles. The van der Waals surface area contributed by atoms with Gasteiger partial charge in [-0.2, -0.15) is 4.98 Å². The SMILES string of the molecule is CCOc1nc(NCc2ccc(F)cc2)nc2ccc(-c3ccc(NC(=O)N4CCCC4)cc3)nc12. The molecule has 0 saturated carbocycles. The maximum absolute atomic E-state index is 13.2. The number of amides is 2. The van der Waals surface area contributed by atoms with Gasteiger partial charge in [0.25, 0.3) is 0 Å². The average Bonchev–Trinajstić information content (AvgIpc) is 3.44. The van der Waals surface area contributed by atoms with Crippen molar-refractivity contribution in [3.8, 4) is 17.1 Å². The predicted octanol–water partition coefficient (Wildman–Crippen LogP) is 5.47. The Hall–Kier alpha value is -4.27. The Bertz CT molecular complexity index is 1360. The van der Waals surface area contributed by atoms with E-state index in [0.717, 1.165) is 48.4 Å². The van der Waals surface area contributed by atoms with Gasteiger partial charge in [0.2, 0.25) is 11.8 Å². The van der Waals surface area contributed by atoms with Crippen LogP contribution < -0.4 is 15.4 Å². The summed E-state index contributed by atoms with van der Waals surface area (Å²) < 4.78 is 18.9. The summed E-state index contributed by atoms with van der Waals surface area (Å²) in [6, 6.07) is 17.6. The third-order valence-corrected chi connectivity index (χ3v) is 5.98. The van der Waals surface area contributed by atoms with E-state index in [4.69, 9.17) is 9.72 Å². The van der Waals surface area contributed by atoms with Crippen LogP contribution in [-0.4, -0.2) is 45.6 Å². The second-order valence-electron chi connectivity index (χ2n) is 8.53. The van der Waals surface area contributed by atoms with Crippen molar-refractivity contribution in [2.75, 3.05) is 30.3 Å². The molecule has 5 rings (SSSR count). The third-order valence-electron chi connectivity index (χ3n) is 5.98. The topological polar surface area (TPSA) is 92.3 Å². The van der Waals surface area contributed by atoms with Crippen LogP contribution in [0.5, 0.6) is 5.88 Å². The number of rotatable bonds is 7. The summed E-state index contributed by atoms with van der Waals surface area (Å²) in [7, 11) is 0. The van der Waals surface area contributed by atoms with E-state index in [2.05, 4.69) is 20.6 Å². The molecule has 3 heterocycles. The third kappa shape index (κ3) is 5.35. The molecule has 1 aliphatic heterocycles. The highest BCUT2D eigenvalue weighted by atomic mass is 19.1. The number of fused-ring (bicyclic) bond motifs is 1. The van der Waals surface area contributed by atoms with Crippen molar-refractivity contribution in [1.82, 2.24) is 19.9 Å². The fraction of sp³-hybridized carbons (Fsp3) is 0.259. The number of urea groups is 1. The first-order valence-electron chi connectivity index (χ1n) is 12.1. The molecule has 4 aromatic rings. The Morgan fingerprint density at radius 1 is 0.972 bits per heavy atom. The fourth-order valence-corrected chi connectivity index (χ4v) is 4.10. The van der Waals surface area contributed by atoms with Crippen LogP contribution in [0.4, 0.5) is 20.8 Å². The van der Waals surface area contributed by atoms with E-state index >= 15 is 0 Å². The highest BCUT2D eigenvalue weighted by Gasteiger charge is 2.18. The summed E-state index contributed by atoms with van der Waals surface area (Å²) in [5.41, 5.74) is 4.51. The normalized spacial score (nSPS) is 13.1. The van der Waals surface area contributed by atoms with Gasteiger partial charge in [0, 0.05) is 30.9 Å². The zero-order valence-electron chi connectivity index (χ0n) is 20.0. The molecule has 0 unspecified atom stereocenters. The van der Waals surface area contributed by atoms with E-state index in [1.165, 1.54) is 12.1 Å². The van der Waals surface area contributed by atoms with Crippen molar-refractivity contribution < 1.29 is 13.9 Å². The van der Waals surface area contributed by atoms with Gasteiger partial charge in [-0.1, -0.05) is 24.3 Å². The van der Waals surface area contributed by atoms with Gasteiger partial charge in [-0.15, -0.1) is 0 Å². The highest BCUT2D eigenvalue weighted by Crippen LogP contribution is 2.27. The molecule has 1 saturated heterocycles. The number of pyridine rings is 1. The van der Waals surface area contributed by atoms with E-state index in [1.807, 2.05) is 48.2 Å². The molecule has 1 fully saturated rings. The Morgan fingerprint density at radius 3 is 2.44 bits per heavy atom. The number of carbonyl (C=O) groups excluding carboxylic acids is 1. The lowest BCUT2D eigenvalue weighted by atomic mass is 10.1. The highest BCUT2D eigenvalue weighted by molar-refractivity contribution is 5.90. The van der Waals surface area contributed by atoms with Gasteiger partial charge in [-0.25, -0.2) is 19.2 Å². The van der Waals surface area contributed by atoms with E-state index in [-0.39, 0.29) is 11.8 Å². The lowest BCUT2D eigenvalue weighted by molar-refractivity contribution is 0.222. The first kappa shape index (κ1) is 23.5. The summed E-state index contributed by atoms with van der Waals surface area (Å²) >= 11 is 0. The maximum atomic E-state index is 13.2. The molecular weight excluding hydrogens is 459 g/mol. The molecule has 1 aliphatic rings. The van der Waals surface area contributed by atoms with Crippen LogP contribution in [0.3, 0.4) is 0 Å². The smallest absolute Gasteiger partial charge is 0.321 e. The van der Waals surface area contributed by atoms with Crippen molar-refractivity contribution >= 4 is 28.7 Å². The van der Waals surface area contributed by atoms with Gasteiger partial charge in [0.1, 0.15) is 5.82 Å². The molecule has 0 spiro atoms. The van der Waals surface area contributed by atoms with Crippen LogP contribution in [0.15, 0.2) is 60.7 Å². The molecule has 0 atom stereocenters. The summed E-state index contributed by atoms with van der Waals surface area (Å²) in [5.74, 6) is 0.520. The fourth-order valence-electron chi connectivity index (χ4n) is 4.10. The Balaban J connectivity index is 1.35. The van der Waals surface area contributed by atoms with Crippen LogP contribution >= 0.6 is 0 Å². The molecule has 2 aromatic carbocycles. The summed E-state index contributed by atoms with van der Waals surface area (Å²) in [4.78, 5) is 28.0. The first-order valence-corrected chi connectivity index (χ1v) is 12.1. The molecule has 8 nitrogen and oxygen atoms in total. The predicted molar refractivity (Wildman–Crippen MR) is 137 cm³/mol. The quantitative estimate of drug-likeness (QED) is 0.360. The number of likely N-dealkylation sites (tertiary alicyclic amines) is 1. The second-order valence-corrected chi connectivity index (χ2v) is 8.53. The minimum atomic E-state index is -0.275. The number of ether oxygens (including phenoxy) is 1. The van der Waals surface area contributed by atoms with Crippen LogP contribution in [0, 0.1) is 5.82 Å². The van der Waals surface area contributed by atoms with Gasteiger partial charge < -0.3 is 20.3 Å². The average molecular weight is 487 g/mol. The molecular formula is C27H27FN6O2. The van der Waals surface area contributed by atoms with Crippen molar-refractivity contribution in [2.45, 2.75) is 26.3 Å². The number of nitrogens with one attached hydrogen (secondary N) is 2. The van der Waals surface area contributed by atoms with Crippen LogP contribution in [-0.2, 0) is 6.54 Å². The van der Waals surface area contributed by atoms with E-state index in [1.54, 1.807) is 12.1 Å². The van der Waals surface area contributed by atoms with Gasteiger partial charge in [0.15, 0.2) is 5.52 Å². The number of hydrogen-bond donors (Lipinski definition) is 2. The molecule has 9 heteroatoms.